The summed E-state index contributed by atoms with van der Waals surface area (Å²) >= 11 is 0. The molecule has 0 heterocycles. The molecule has 0 fully saturated rings. The molecule has 3 aromatic carbocycles. The molecule has 3 aromatic rings. The van der Waals surface area contributed by atoms with Crippen LogP contribution in [0.4, 0.5) is 0 Å². The minimum Gasteiger partial charge on any atom is -0.496 e. The SMILES string of the molecule is COc1cccc(OC)c1C(=O)Oc1cccc(/C=C(/C#N)c2ccccc2)c1. The maximum atomic E-state index is 12.7. The van der Waals surface area contributed by atoms with Gasteiger partial charge in [-0.1, -0.05) is 48.5 Å². The molecule has 0 aliphatic rings. The third kappa shape index (κ3) is 4.63. The maximum absolute atomic E-state index is 12.7. The summed E-state index contributed by atoms with van der Waals surface area (Å²) in [5, 5.41) is 9.49. The van der Waals surface area contributed by atoms with E-state index in [1.807, 2.05) is 36.4 Å². The predicted octanol–water partition coefficient (Wildman–Crippen LogP) is 4.99. The van der Waals surface area contributed by atoms with Crippen LogP contribution in [0.2, 0.25) is 0 Å². The van der Waals surface area contributed by atoms with Crippen molar-refractivity contribution in [1.82, 2.24) is 0 Å². The topological polar surface area (TPSA) is 68.6 Å². The normalized spacial score (nSPS) is 10.7. The highest BCUT2D eigenvalue weighted by Gasteiger charge is 2.20. The number of nitrogens with zero attached hydrogens (tertiary/aromatic N) is 1. The van der Waals surface area contributed by atoms with Crippen LogP contribution in [0, 0.1) is 11.3 Å². The Morgan fingerprint density at radius 1 is 0.897 bits per heavy atom. The Kier molecular flexibility index (Phi) is 6.29. The summed E-state index contributed by atoms with van der Waals surface area (Å²) < 4.78 is 16.1. The highest BCUT2D eigenvalue weighted by molar-refractivity contribution is 5.97. The van der Waals surface area contributed by atoms with Crippen LogP contribution in [0.1, 0.15) is 21.5 Å². The zero-order chi connectivity index (χ0) is 20.6. The first kappa shape index (κ1) is 19.7. The molecule has 0 amide bonds. The summed E-state index contributed by atoms with van der Waals surface area (Å²) in [5.41, 5.74) is 2.28. The van der Waals surface area contributed by atoms with E-state index >= 15 is 0 Å². The molecule has 0 saturated heterocycles. The number of carbonyl (C=O) groups excluding carboxylic acids is 1. The van der Waals surface area contributed by atoms with E-state index in [9.17, 15) is 10.1 Å². The van der Waals surface area contributed by atoms with Crippen LogP contribution < -0.4 is 14.2 Å². The third-order valence-corrected chi connectivity index (χ3v) is 4.22. The second kappa shape index (κ2) is 9.25. The van der Waals surface area contributed by atoms with Crippen molar-refractivity contribution in [1.29, 1.82) is 5.26 Å². The molecule has 0 N–H and O–H groups in total. The summed E-state index contributed by atoms with van der Waals surface area (Å²) in [6, 6.07) is 23.6. The van der Waals surface area contributed by atoms with Gasteiger partial charge in [-0.3, -0.25) is 0 Å². The fourth-order valence-electron chi connectivity index (χ4n) is 2.84. The number of hydrogen-bond acceptors (Lipinski definition) is 5. The van der Waals surface area contributed by atoms with Crippen LogP contribution >= 0.6 is 0 Å². The fourth-order valence-corrected chi connectivity index (χ4v) is 2.84. The van der Waals surface area contributed by atoms with Gasteiger partial charge in [-0.25, -0.2) is 4.79 Å². The maximum Gasteiger partial charge on any atom is 0.351 e. The zero-order valence-electron chi connectivity index (χ0n) is 16.1. The second-order valence-corrected chi connectivity index (χ2v) is 6.04. The molecule has 3 rings (SSSR count). The molecule has 144 valence electrons. The molecule has 0 bridgehead atoms. The van der Waals surface area contributed by atoms with E-state index in [4.69, 9.17) is 14.2 Å². The highest BCUT2D eigenvalue weighted by Crippen LogP contribution is 2.30. The predicted molar refractivity (Wildman–Crippen MR) is 111 cm³/mol. The van der Waals surface area contributed by atoms with Gasteiger partial charge in [0, 0.05) is 0 Å². The number of hydrogen-bond donors (Lipinski definition) is 0. The number of allylic oxidation sites excluding steroid dienone is 1. The van der Waals surface area contributed by atoms with Crippen LogP contribution in [0.25, 0.3) is 11.6 Å². The zero-order valence-corrected chi connectivity index (χ0v) is 16.1. The van der Waals surface area contributed by atoms with Crippen molar-refractivity contribution in [2.24, 2.45) is 0 Å². The van der Waals surface area contributed by atoms with Gasteiger partial charge in [0.05, 0.1) is 25.9 Å². The largest absolute Gasteiger partial charge is 0.496 e. The van der Waals surface area contributed by atoms with Crippen molar-refractivity contribution >= 4 is 17.6 Å². The second-order valence-electron chi connectivity index (χ2n) is 6.04. The molecule has 0 aromatic heterocycles. The van der Waals surface area contributed by atoms with E-state index in [-0.39, 0.29) is 5.56 Å². The minimum atomic E-state index is -0.594. The average molecular weight is 385 g/mol. The molecular formula is C24H19NO4. The standard InChI is InChI=1S/C24H19NO4/c1-27-21-12-7-13-22(28-2)23(21)24(26)29-20-11-6-8-17(15-20)14-19(16-25)18-9-4-3-5-10-18/h3-15H,1-2H3/b19-14-. The highest BCUT2D eigenvalue weighted by atomic mass is 16.5. The first-order chi connectivity index (χ1) is 14.2. The minimum absolute atomic E-state index is 0.209. The Morgan fingerprint density at radius 2 is 1.55 bits per heavy atom. The molecule has 5 nitrogen and oxygen atoms in total. The van der Waals surface area contributed by atoms with Crippen molar-refractivity contribution < 1.29 is 19.0 Å². The van der Waals surface area contributed by atoms with Crippen LogP contribution in [-0.4, -0.2) is 20.2 Å². The molecule has 0 spiro atoms. The van der Waals surface area contributed by atoms with E-state index < -0.39 is 5.97 Å². The quantitative estimate of drug-likeness (QED) is 0.259. The van der Waals surface area contributed by atoms with E-state index in [0.29, 0.717) is 22.8 Å². The molecule has 5 heteroatoms. The number of benzene rings is 3. The molecule has 0 aliphatic carbocycles. The van der Waals surface area contributed by atoms with Gasteiger partial charge in [-0.05, 0) is 41.5 Å². The average Bonchev–Trinajstić information content (AvgIpc) is 2.77. The smallest absolute Gasteiger partial charge is 0.351 e. The van der Waals surface area contributed by atoms with Crippen molar-refractivity contribution in [2.45, 2.75) is 0 Å². The molecule has 0 aliphatic heterocycles. The lowest BCUT2D eigenvalue weighted by atomic mass is 10.0. The van der Waals surface area contributed by atoms with Gasteiger partial charge < -0.3 is 14.2 Å². The number of rotatable bonds is 6. The fraction of sp³-hybridized carbons (Fsp3) is 0.0833. The Labute approximate surface area is 169 Å². The van der Waals surface area contributed by atoms with Gasteiger partial charge in [0.25, 0.3) is 0 Å². The third-order valence-electron chi connectivity index (χ3n) is 4.22. The molecule has 0 saturated carbocycles. The van der Waals surface area contributed by atoms with Gasteiger partial charge in [0.15, 0.2) is 0 Å². The number of nitriles is 1. The number of methoxy groups -OCH3 is 2. The summed E-state index contributed by atoms with van der Waals surface area (Å²) in [6.07, 6.45) is 1.75. The van der Waals surface area contributed by atoms with E-state index in [2.05, 4.69) is 6.07 Å². The van der Waals surface area contributed by atoms with Crippen LogP contribution in [0.5, 0.6) is 17.2 Å². The molecular weight excluding hydrogens is 366 g/mol. The lowest BCUT2D eigenvalue weighted by molar-refractivity contribution is 0.0727. The Bertz CT molecular complexity index is 1060. The lowest BCUT2D eigenvalue weighted by Gasteiger charge is -2.12. The number of carbonyl (C=O) groups is 1. The van der Waals surface area contributed by atoms with Crippen molar-refractivity contribution in [3.05, 3.63) is 89.5 Å². The van der Waals surface area contributed by atoms with Gasteiger partial charge in [-0.2, -0.15) is 5.26 Å². The molecule has 0 radical (unpaired) electrons. The Hall–Kier alpha value is -4.04. The van der Waals surface area contributed by atoms with Crippen molar-refractivity contribution in [2.75, 3.05) is 14.2 Å². The Balaban J connectivity index is 1.89. The first-order valence-corrected chi connectivity index (χ1v) is 8.86. The van der Waals surface area contributed by atoms with Crippen molar-refractivity contribution in [3.8, 4) is 23.3 Å². The van der Waals surface area contributed by atoms with E-state index in [1.54, 1.807) is 42.5 Å². The summed E-state index contributed by atoms with van der Waals surface area (Å²) in [4.78, 5) is 12.7. The number of esters is 1. The molecule has 29 heavy (non-hydrogen) atoms. The summed E-state index contributed by atoms with van der Waals surface area (Å²) in [7, 11) is 2.95. The van der Waals surface area contributed by atoms with Crippen LogP contribution in [0.15, 0.2) is 72.8 Å². The van der Waals surface area contributed by atoms with Gasteiger partial charge in [-0.15, -0.1) is 0 Å². The van der Waals surface area contributed by atoms with E-state index in [1.165, 1.54) is 14.2 Å². The van der Waals surface area contributed by atoms with Crippen molar-refractivity contribution in [3.63, 3.8) is 0 Å². The molecule has 0 atom stereocenters. The summed E-state index contributed by atoms with van der Waals surface area (Å²) in [6.45, 7) is 0. The van der Waals surface area contributed by atoms with Gasteiger partial charge >= 0.3 is 5.97 Å². The molecule has 0 unspecified atom stereocenters. The van der Waals surface area contributed by atoms with E-state index in [0.717, 1.165) is 11.1 Å². The monoisotopic (exact) mass is 385 g/mol. The summed E-state index contributed by atoms with van der Waals surface area (Å²) in [5.74, 6) is 0.480. The Morgan fingerprint density at radius 3 is 2.17 bits per heavy atom. The van der Waals surface area contributed by atoms with Crippen LogP contribution in [-0.2, 0) is 0 Å². The van der Waals surface area contributed by atoms with Crippen LogP contribution in [0.3, 0.4) is 0 Å². The van der Waals surface area contributed by atoms with Gasteiger partial charge in [0.2, 0.25) is 0 Å². The van der Waals surface area contributed by atoms with Gasteiger partial charge in [0.1, 0.15) is 22.8 Å². The lowest BCUT2D eigenvalue weighted by Crippen LogP contribution is -2.12. The number of ether oxygens (including phenoxy) is 3. The first-order valence-electron chi connectivity index (χ1n) is 8.86.